The molecule has 0 atom stereocenters. The molecule has 0 bridgehead atoms. The minimum Gasteiger partial charge on any atom is -0.352 e. The monoisotopic (exact) mass is 388 g/mol. The molecule has 6 heteroatoms. The molecule has 0 saturated carbocycles. The number of anilines is 1. The lowest BCUT2D eigenvalue weighted by atomic mass is 10.2. The van der Waals surface area contributed by atoms with Crippen LogP contribution in [0.15, 0.2) is 78.9 Å². The normalized spacial score (nSPS) is 10.8. The van der Waals surface area contributed by atoms with Gasteiger partial charge >= 0.3 is 0 Å². The quantitative estimate of drug-likeness (QED) is 0.501. The van der Waals surface area contributed by atoms with Crippen LogP contribution in [0.4, 0.5) is 10.3 Å². The Morgan fingerprint density at radius 2 is 1.55 bits per heavy atom. The number of benzene rings is 3. The summed E-state index contributed by atoms with van der Waals surface area (Å²) in [4.78, 5) is 17.2. The Morgan fingerprint density at radius 1 is 0.862 bits per heavy atom. The third-order valence-corrected chi connectivity index (χ3v) is 4.65. The van der Waals surface area contributed by atoms with Gasteiger partial charge in [0.2, 0.25) is 11.9 Å². The van der Waals surface area contributed by atoms with Crippen LogP contribution in [0, 0.1) is 5.82 Å². The van der Waals surface area contributed by atoms with Crippen LogP contribution < -0.4 is 10.6 Å². The minimum absolute atomic E-state index is 0.138. The van der Waals surface area contributed by atoms with Gasteiger partial charge in [0.1, 0.15) is 12.4 Å². The van der Waals surface area contributed by atoms with Gasteiger partial charge in [-0.2, -0.15) is 0 Å². The molecule has 3 aromatic carbocycles. The fourth-order valence-electron chi connectivity index (χ4n) is 3.15. The number of nitrogens with one attached hydrogen (secondary N) is 2. The SMILES string of the molecule is O=C(Cn1c(NCc2ccccc2)nc2ccccc21)NCc1ccc(F)cc1. The molecule has 1 aromatic heterocycles. The zero-order valence-corrected chi connectivity index (χ0v) is 15.8. The highest BCUT2D eigenvalue weighted by atomic mass is 19.1. The second-order valence-corrected chi connectivity index (χ2v) is 6.75. The number of halogens is 1. The van der Waals surface area contributed by atoms with Gasteiger partial charge in [0.15, 0.2) is 0 Å². The molecule has 0 spiro atoms. The van der Waals surface area contributed by atoms with Crippen molar-refractivity contribution in [2.45, 2.75) is 19.6 Å². The summed E-state index contributed by atoms with van der Waals surface area (Å²) in [5.41, 5.74) is 3.69. The van der Waals surface area contributed by atoms with E-state index in [4.69, 9.17) is 0 Å². The number of fused-ring (bicyclic) bond motifs is 1. The van der Waals surface area contributed by atoms with E-state index in [2.05, 4.69) is 15.6 Å². The Morgan fingerprint density at radius 3 is 2.34 bits per heavy atom. The Labute approximate surface area is 168 Å². The summed E-state index contributed by atoms with van der Waals surface area (Å²) in [5, 5.41) is 6.22. The van der Waals surface area contributed by atoms with Crippen molar-refractivity contribution >= 4 is 22.9 Å². The van der Waals surface area contributed by atoms with E-state index < -0.39 is 0 Å². The van der Waals surface area contributed by atoms with Crippen molar-refractivity contribution in [2.75, 3.05) is 5.32 Å². The van der Waals surface area contributed by atoms with Crippen molar-refractivity contribution in [2.24, 2.45) is 0 Å². The molecule has 0 aliphatic heterocycles. The molecule has 0 fully saturated rings. The molecule has 4 aromatic rings. The van der Waals surface area contributed by atoms with Gasteiger partial charge < -0.3 is 15.2 Å². The third-order valence-electron chi connectivity index (χ3n) is 4.65. The van der Waals surface area contributed by atoms with Gasteiger partial charge in [0.05, 0.1) is 11.0 Å². The molecule has 0 aliphatic carbocycles. The van der Waals surface area contributed by atoms with Crippen molar-refractivity contribution in [3.05, 3.63) is 95.8 Å². The van der Waals surface area contributed by atoms with Crippen LogP contribution in [0.2, 0.25) is 0 Å². The average Bonchev–Trinajstić information content (AvgIpc) is 3.10. The lowest BCUT2D eigenvalue weighted by Gasteiger charge is -2.11. The predicted molar refractivity (Wildman–Crippen MR) is 112 cm³/mol. The number of hydrogen-bond donors (Lipinski definition) is 2. The average molecular weight is 388 g/mol. The molecule has 29 heavy (non-hydrogen) atoms. The van der Waals surface area contributed by atoms with Crippen LogP contribution in [-0.4, -0.2) is 15.5 Å². The zero-order valence-electron chi connectivity index (χ0n) is 15.8. The van der Waals surface area contributed by atoms with Crippen molar-refractivity contribution in [1.29, 1.82) is 0 Å². The van der Waals surface area contributed by atoms with Gasteiger partial charge in [-0.25, -0.2) is 9.37 Å². The molecule has 0 aliphatic rings. The summed E-state index contributed by atoms with van der Waals surface area (Å²) < 4.78 is 14.9. The van der Waals surface area contributed by atoms with Crippen LogP contribution in [0.25, 0.3) is 11.0 Å². The van der Waals surface area contributed by atoms with E-state index in [1.54, 1.807) is 12.1 Å². The highest BCUT2D eigenvalue weighted by Gasteiger charge is 2.13. The van der Waals surface area contributed by atoms with Gasteiger partial charge in [0.25, 0.3) is 0 Å². The maximum Gasteiger partial charge on any atom is 0.240 e. The molecule has 0 radical (unpaired) electrons. The molecule has 2 N–H and O–H groups in total. The van der Waals surface area contributed by atoms with E-state index in [1.165, 1.54) is 12.1 Å². The Bertz CT molecular complexity index is 1110. The molecule has 0 saturated heterocycles. The van der Waals surface area contributed by atoms with Crippen LogP contribution in [0.1, 0.15) is 11.1 Å². The highest BCUT2D eigenvalue weighted by Crippen LogP contribution is 2.20. The van der Waals surface area contributed by atoms with Crippen molar-refractivity contribution in [1.82, 2.24) is 14.9 Å². The molecule has 4 rings (SSSR count). The van der Waals surface area contributed by atoms with Gasteiger partial charge in [-0.15, -0.1) is 0 Å². The summed E-state index contributed by atoms with van der Waals surface area (Å²) in [6, 6.07) is 23.9. The predicted octanol–water partition coefficient (Wildman–Crippen LogP) is 4.10. The van der Waals surface area contributed by atoms with Gasteiger partial charge in [-0.3, -0.25) is 4.79 Å². The molecule has 0 unspecified atom stereocenters. The number of carbonyl (C=O) groups excluding carboxylic acids is 1. The first-order valence-corrected chi connectivity index (χ1v) is 9.43. The topological polar surface area (TPSA) is 59.0 Å². The molecule has 1 heterocycles. The molecule has 5 nitrogen and oxygen atoms in total. The van der Waals surface area contributed by atoms with Crippen molar-refractivity contribution in [3.63, 3.8) is 0 Å². The Kier molecular flexibility index (Phi) is 5.52. The maximum atomic E-state index is 13.0. The molecule has 1 amide bonds. The number of imidazole rings is 1. The van der Waals surface area contributed by atoms with Gasteiger partial charge in [-0.1, -0.05) is 54.6 Å². The highest BCUT2D eigenvalue weighted by molar-refractivity contribution is 5.83. The lowest BCUT2D eigenvalue weighted by molar-refractivity contribution is -0.121. The third kappa shape index (κ3) is 4.60. The largest absolute Gasteiger partial charge is 0.352 e. The summed E-state index contributed by atoms with van der Waals surface area (Å²) in [5.74, 6) is 0.214. The van der Waals surface area contributed by atoms with Crippen molar-refractivity contribution < 1.29 is 9.18 Å². The fraction of sp³-hybridized carbons (Fsp3) is 0.130. The van der Waals surface area contributed by atoms with Crippen LogP contribution in [0.5, 0.6) is 0 Å². The Hall–Kier alpha value is -3.67. The number of rotatable bonds is 7. The van der Waals surface area contributed by atoms with E-state index >= 15 is 0 Å². The lowest BCUT2D eigenvalue weighted by Crippen LogP contribution is -2.27. The number of para-hydroxylation sites is 2. The number of aromatic nitrogens is 2. The first-order chi connectivity index (χ1) is 14.2. The van der Waals surface area contributed by atoms with E-state index in [9.17, 15) is 9.18 Å². The molecule has 146 valence electrons. The number of hydrogen-bond acceptors (Lipinski definition) is 3. The Balaban J connectivity index is 1.48. The van der Waals surface area contributed by atoms with Crippen LogP contribution >= 0.6 is 0 Å². The standard InChI is InChI=1S/C23H21FN4O/c24-19-12-10-18(11-13-19)14-25-22(29)16-28-21-9-5-4-8-20(21)27-23(28)26-15-17-6-2-1-3-7-17/h1-13H,14-16H2,(H,25,29)(H,26,27). The fourth-order valence-corrected chi connectivity index (χ4v) is 3.15. The first-order valence-electron chi connectivity index (χ1n) is 9.43. The summed E-state index contributed by atoms with van der Waals surface area (Å²) >= 11 is 0. The van der Waals surface area contributed by atoms with Gasteiger partial charge in [-0.05, 0) is 35.4 Å². The minimum atomic E-state index is -0.293. The van der Waals surface area contributed by atoms with Crippen molar-refractivity contribution in [3.8, 4) is 0 Å². The number of carbonyl (C=O) groups is 1. The second-order valence-electron chi connectivity index (χ2n) is 6.75. The van der Waals surface area contributed by atoms with E-state index in [0.717, 1.165) is 22.2 Å². The summed E-state index contributed by atoms with van der Waals surface area (Å²) in [6.07, 6.45) is 0. The van der Waals surface area contributed by atoms with Gasteiger partial charge in [0, 0.05) is 13.1 Å². The maximum absolute atomic E-state index is 13.0. The number of amides is 1. The second kappa shape index (κ2) is 8.56. The zero-order chi connectivity index (χ0) is 20.1. The van der Waals surface area contributed by atoms with E-state index in [-0.39, 0.29) is 18.3 Å². The number of nitrogens with zero attached hydrogens (tertiary/aromatic N) is 2. The smallest absolute Gasteiger partial charge is 0.240 e. The molecular weight excluding hydrogens is 367 g/mol. The summed E-state index contributed by atoms with van der Waals surface area (Å²) in [6.45, 7) is 1.10. The molecular formula is C23H21FN4O. The summed E-state index contributed by atoms with van der Waals surface area (Å²) in [7, 11) is 0. The van der Waals surface area contributed by atoms with E-state index in [0.29, 0.717) is 19.0 Å². The van der Waals surface area contributed by atoms with Crippen LogP contribution in [0.3, 0.4) is 0 Å². The van der Waals surface area contributed by atoms with Crippen LogP contribution in [-0.2, 0) is 24.4 Å². The first kappa shape index (κ1) is 18.7. The van der Waals surface area contributed by atoms with E-state index in [1.807, 2.05) is 59.2 Å².